The smallest absolute Gasteiger partial charge is 0.321 e. The molecule has 0 radical (unpaired) electrons. The molecule has 1 aromatic heterocycles. The largest absolute Gasteiger partial charge is 0.376 e. The summed E-state index contributed by atoms with van der Waals surface area (Å²) < 4.78 is 5.53. The Morgan fingerprint density at radius 3 is 3.11 bits per heavy atom. The maximum absolute atomic E-state index is 11.8. The summed E-state index contributed by atoms with van der Waals surface area (Å²) in [6, 6.07) is -0.243. The number of carbonyl (C=O) groups excluding carboxylic acids is 1. The molecule has 0 unspecified atom stereocenters. The SMILES string of the molecule is CCCc1nnc(NC(=O)N[C@@H](C)[C@H]2CCCO2)s1. The quantitative estimate of drug-likeness (QED) is 0.869. The molecule has 2 N–H and O–H groups in total. The van der Waals surface area contributed by atoms with E-state index in [0.717, 1.165) is 37.3 Å². The third-order valence-corrected chi connectivity index (χ3v) is 3.93. The van der Waals surface area contributed by atoms with Gasteiger partial charge in [-0.25, -0.2) is 4.79 Å². The number of ether oxygens (including phenoxy) is 1. The fourth-order valence-electron chi connectivity index (χ4n) is 2.05. The second kappa shape index (κ2) is 6.81. The van der Waals surface area contributed by atoms with Gasteiger partial charge in [0.15, 0.2) is 0 Å². The van der Waals surface area contributed by atoms with Gasteiger partial charge in [-0.2, -0.15) is 0 Å². The van der Waals surface area contributed by atoms with E-state index in [2.05, 4.69) is 27.8 Å². The first-order chi connectivity index (χ1) is 9.19. The van der Waals surface area contributed by atoms with Crippen molar-refractivity contribution in [3.05, 3.63) is 5.01 Å². The number of urea groups is 1. The van der Waals surface area contributed by atoms with Crippen LogP contribution >= 0.6 is 11.3 Å². The van der Waals surface area contributed by atoms with Crippen molar-refractivity contribution < 1.29 is 9.53 Å². The molecule has 19 heavy (non-hydrogen) atoms. The highest BCUT2D eigenvalue weighted by Gasteiger charge is 2.23. The molecule has 0 saturated carbocycles. The molecular formula is C12H20N4O2S. The molecule has 1 aromatic rings. The molecular weight excluding hydrogens is 264 g/mol. The van der Waals surface area contributed by atoms with Gasteiger partial charge in [0.2, 0.25) is 5.13 Å². The standard InChI is InChI=1S/C12H20N4O2S/c1-3-5-10-15-16-12(19-10)14-11(17)13-8(2)9-6-4-7-18-9/h8-9H,3-7H2,1-2H3,(H2,13,14,16,17)/t8-,9+/m0/s1. The highest BCUT2D eigenvalue weighted by molar-refractivity contribution is 7.15. The molecule has 106 valence electrons. The molecule has 0 aromatic carbocycles. The van der Waals surface area contributed by atoms with Crippen molar-refractivity contribution in [3.63, 3.8) is 0 Å². The third-order valence-electron chi connectivity index (χ3n) is 3.03. The summed E-state index contributed by atoms with van der Waals surface area (Å²) in [5, 5.41) is 15.0. The molecule has 2 rings (SSSR count). The number of hydrogen-bond acceptors (Lipinski definition) is 5. The van der Waals surface area contributed by atoms with Crippen LogP contribution in [-0.2, 0) is 11.2 Å². The van der Waals surface area contributed by atoms with Crippen molar-refractivity contribution in [1.82, 2.24) is 15.5 Å². The number of rotatable bonds is 5. The monoisotopic (exact) mass is 284 g/mol. The van der Waals surface area contributed by atoms with E-state index in [9.17, 15) is 4.79 Å². The zero-order valence-corrected chi connectivity index (χ0v) is 12.1. The van der Waals surface area contributed by atoms with E-state index in [1.54, 1.807) is 0 Å². The fourth-order valence-corrected chi connectivity index (χ4v) is 2.89. The second-order valence-electron chi connectivity index (χ2n) is 4.69. The lowest BCUT2D eigenvalue weighted by molar-refractivity contribution is 0.0868. The highest BCUT2D eigenvalue weighted by atomic mass is 32.1. The molecule has 2 amide bonds. The molecule has 1 aliphatic rings. The topological polar surface area (TPSA) is 76.1 Å². The minimum Gasteiger partial charge on any atom is -0.376 e. The molecule has 0 spiro atoms. The number of amides is 2. The van der Waals surface area contributed by atoms with Gasteiger partial charge >= 0.3 is 6.03 Å². The van der Waals surface area contributed by atoms with E-state index in [1.165, 1.54) is 11.3 Å². The van der Waals surface area contributed by atoms with E-state index in [1.807, 2.05) is 6.92 Å². The molecule has 0 aliphatic carbocycles. The van der Waals surface area contributed by atoms with E-state index in [0.29, 0.717) is 5.13 Å². The van der Waals surface area contributed by atoms with Gasteiger partial charge in [-0.1, -0.05) is 18.3 Å². The van der Waals surface area contributed by atoms with Crippen molar-refractivity contribution in [2.75, 3.05) is 11.9 Å². The van der Waals surface area contributed by atoms with Gasteiger partial charge in [-0.15, -0.1) is 10.2 Å². The maximum Gasteiger partial charge on any atom is 0.321 e. The Balaban J connectivity index is 1.79. The average Bonchev–Trinajstić information content (AvgIpc) is 3.00. The lowest BCUT2D eigenvalue weighted by Gasteiger charge is -2.19. The van der Waals surface area contributed by atoms with Gasteiger partial charge in [0, 0.05) is 13.0 Å². The molecule has 2 heterocycles. The van der Waals surface area contributed by atoms with Crippen LogP contribution in [0, 0.1) is 0 Å². The van der Waals surface area contributed by atoms with Gasteiger partial charge in [-0.3, -0.25) is 5.32 Å². The Morgan fingerprint density at radius 1 is 1.58 bits per heavy atom. The normalized spacial score (nSPS) is 20.2. The Hall–Kier alpha value is -1.21. The first kappa shape index (κ1) is 14.2. The zero-order valence-electron chi connectivity index (χ0n) is 11.3. The van der Waals surface area contributed by atoms with E-state index in [-0.39, 0.29) is 18.2 Å². The van der Waals surface area contributed by atoms with Crippen molar-refractivity contribution in [3.8, 4) is 0 Å². The number of nitrogens with one attached hydrogen (secondary N) is 2. The number of aromatic nitrogens is 2. The Morgan fingerprint density at radius 2 is 2.42 bits per heavy atom. The minimum atomic E-state index is -0.248. The van der Waals surface area contributed by atoms with Crippen LogP contribution in [0.4, 0.5) is 9.93 Å². The van der Waals surface area contributed by atoms with E-state index >= 15 is 0 Å². The Bertz CT molecular complexity index is 418. The molecule has 0 bridgehead atoms. The van der Waals surface area contributed by atoms with Crippen molar-refractivity contribution in [1.29, 1.82) is 0 Å². The summed E-state index contributed by atoms with van der Waals surface area (Å²) in [5.74, 6) is 0. The molecule has 2 atom stereocenters. The lowest BCUT2D eigenvalue weighted by atomic mass is 10.1. The van der Waals surface area contributed by atoms with E-state index < -0.39 is 0 Å². The van der Waals surface area contributed by atoms with Gasteiger partial charge in [0.1, 0.15) is 5.01 Å². The van der Waals surface area contributed by atoms with Crippen LogP contribution < -0.4 is 10.6 Å². The highest BCUT2D eigenvalue weighted by Crippen LogP contribution is 2.17. The fraction of sp³-hybridized carbons (Fsp3) is 0.750. The summed E-state index contributed by atoms with van der Waals surface area (Å²) in [4.78, 5) is 11.8. The molecule has 1 fully saturated rings. The van der Waals surface area contributed by atoms with Crippen LogP contribution in [0.1, 0.15) is 38.1 Å². The maximum atomic E-state index is 11.8. The van der Waals surface area contributed by atoms with E-state index in [4.69, 9.17) is 4.74 Å². The number of aryl methyl sites for hydroxylation is 1. The van der Waals surface area contributed by atoms with Crippen molar-refractivity contribution in [2.45, 2.75) is 51.7 Å². The van der Waals surface area contributed by atoms with Gasteiger partial charge in [-0.05, 0) is 26.2 Å². The van der Waals surface area contributed by atoms with Crippen LogP contribution in [-0.4, -0.2) is 35.0 Å². The van der Waals surface area contributed by atoms with Crippen molar-refractivity contribution in [2.24, 2.45) is 0 Å². The summed E-state index contributed by atoms with van der Waals surface area (Å²) >= 11 is 1.42. The molecule has 1 aliphatic heterocycles. The summed E-state index contributed by atoms with van der Waals surface area (Å²) in [5.41, 5.74) is 0. The second-order valence-corrected chi connectivity index (χ2v) is 5.75. The van der Waals surface area contributed by atoms with Gasteiger partial charge in [0.05, 0.1) is 12.1 Å². The van der Waals surface area contributed by atoms with Gasteiger partial charge in [0.25, 0.3) is 0 Å². The third kappa shape index (κ3) is 4.14. The van der Waals surface area contributed by atoms with Crippen molar-refractivity contribution >= 4 is 22.5 Å². The zero-order chi connectivity index (χ0) is 13.7. The van der Waals surface area contributed by atoms with Crippen LogP contribution in [0.5, 0.6) is 0 Å². The van der Waals surface area contributed by atoms with Crippen LogP contribution in [0.25, 0.3) is 0 Å². The first-order valence-corrected chi connectivity index (χ1v) is 7.52. The van der Waals surface area contributed by atoms with Crippen LogP contribution in [0.15, 0.2) is 0 Å². The van der Waals surface area contributed by atoms with Crippen LogP contribution in [0.2, 0.25) is 0 Å². The molecule has 1 saturated heterocycles. The number of hydrogen-bond donors (Lipinski definition) is 2. The number of anilines is 1. The molecule has 6 nitrogen and oxygen atoms in total. The predicted octanol–water partition coefficient (Wildman–Crippen LogP) is 2.18. The number of carbonyl (C=O) groups is 1. The Kier molecular flexibility index (Phi) is 5.09. The summed E-state index contributed by atoms with van der Waals surface area (Å²) in [6.07, 6.45) is 4.11. The summed E-state index contributed by atoms with van der Waals surface area (Å²) in [6.45, 7) is 4.83. The Labute approximate surface area is 116 Å². The minimum absolute atomic E-state index is 0.00512. The number of nitrogens with zero attached hydrogens (tertiary/aromatic N) is 2. The average molecular weight is 284 g/mol. The lowest BCUT2D eigenvalue weighted by Crippen LogP contribution is -2.42. The summed E-state index contributed by atoms with van der Waals surface area (Å²) in [7, 11) is 0. The first-order valence-electron chi connectivity index (χ1n) is 6.70. The predicted molar refractivity (Wildman–Crippen MR) is 74.5 cm³/mol. The van der Waals surface area contributed by atoms with Gasteiger partial charge < -0.3 is 10.1 Å². The van der Waals surface area contributed by atoms with Crippen LogP contribution in [0.3, 0.4) is 0 Å². The molecule has 7 heteroatoms.